The predicted molar refractivity (Wildman–Crippen MR) is 65.0 cm³/mol. The molecule has 17 heavy (non-hydrogen) atoms. The summed E-state index contributed by atoms with van der Waals surface area (Å²) in [6, 6.07) is 4.70. The number of carboxylic acid groups (broad SMARTS) is 1. The van der Waals surface area contributed by atoms with Gasteiger partial charge in [-0.25, -0.2) is 4.79 Å². The van der Waals surface area contributed by atoms with E-state index in [2.05, 4.69) is 10.6 Å². The topological polar surface area (TPSA) is 104 Å². The van der Waals surface area contributed by atoms with Gasteiger partial charge in [0.15, 0.2) is 0 Å². The highest BCUT2D eigenvalue weighted by Crippen LogP contribution is 2.22. The zero-order valence-electron chi connectivity index (χ0n) is 9.49. The first-order chi connectivity index (χ1) is 8.06. The molecule has 0 atom stereocenters. The number of aromatic carboxylic acids is 1. The third-order valence-electron chi connectivity index (χ3n) is 2.28. The van der Waals surface area contributed by atoms with Crippen molar-refractivity contribution in [1.29, 1.82) is 0 Å². The van der Waals surface area contributed by atoms with Gasteiger partial charge < -0.3 is 21.5 Å². The van der Waals surface area contributed by atoms with Crippen molar-refractivity contribution < 1.29 is 14.7 Å². The third-order valence-corrected chi connectivity index (χ3v) is 2.28. The van der Waals surface area contributed by atoms with Gasteiger partial charge in [-0.15, -0.1) is 0 Å². The second-order valence-electron chi connectivity index (χ2n) is 3.42. The Morgan fingerprint density at radius 2 is 2.12 bits per heavy atom. The number of nitrogens with two attached hydrogens (primary N) is 1. The number of carbonyl (C=O) groups is 2. The summed E-state index contributed by atoms with van der Waals surface area (Å²) in [5.74, 6) is -1.16. The van der Waals surface area contributed by atoms with Gasteiger partial charge in [-0.2, -0.15) is 0 Å². The normalized spacial score (nSPS) is 9.71. The van der Waals surface area contributed by atoms with Crippen LogP contribution in [0, 0.1) is 0 Å². The van der Waals surface area contributed by atoms with Gasteiger partial charge in [-0.1, -0.05) is 6.07 Å². The van der Waals surface area contributed by atoms with E-state index in [1.54, 1.807) is 19.2 Å². The molecule has 0 fully saturated rings. The van der Waals surface area contributed by atoms with Gasteiger partial charge >= 0.3 is 5.97 Å². The van der Waals surface area contributed by atoms with E-state index < -0.39 is 5.97 Å². The first-order valence-electron chi connectivity index (χ1n) is 5.12. The Hall–Kier alpha value is -2.24. The quantitative estimate of drug-likeness (QED) is 0.559. The van der Waals surface area contributed by atoms with Crippen molar-refractivity contribution in [1.82, 2.24) is 5.32 Å². The molecule has 0 heterocycles. The maximum absolute atomic E-state index is 11.0. The monoisotopic (exact) mass is 237 g/mol. The van der Waals surface area contributed by atoms with Crippen LogP contribution >= 0.6 is 0 Å². The minimum atomic E-state index is -1.07. The van der Waals surface area contributed by atoms with Gasteiger partial charge in [0.05, 0.1) is 16.9 Å². The minimum absolute atomic E-state index is 0.0509. The number of hydrogen-bond donors (Lipinski definition) is 4. The van der Waals surface area contributed by atoms with Crippen molar-refractivity contribution in [3.63, 3.8) is 0 Å². The van der Waals surface area contributed by atoms with E-state index >= 15 is 0 Å². The van der Waals surface area contributed by atoms with Gasteiger partial charge in [-0.05, 0) is 12.1 Å². The molecule has 0 unspecified atom stereocenters. The molecule has 0 aliphatic carbocycles. The van der Waals surface area contributed by atoms with E-state index in [9.17, 15) is 9.59 Å². The van der Waals surface area contributed by atoms with E-state index in [1.165, 1.54) is 6.07 Å². The molecule has 0 spiro atoms. The number of rotatable bonds is 5. The lowest BCUT2D eigenvalue weighted by atomic mass is 10.1. The van der Waals surface area contributed by atoms with Crippen LogP contribution in [0.25, 0.3) is 0 Å². The zero-order valence-corrected chi connectivity index (χ0v) is 9.49. The highest BCUT2D eigenvalue weighted by atomic mass is 16.4. The second-order valence-corrected chi connectivity index (χ2v) is 3.42. The Bertz CT molecular complexity index is 432. The number of hydrogen-bond acceptors (Lipinski definition) is 4. The molecule has 0 saturated carbocycles. The van der Waals surface area contributed by atoms with Gasteiger partial charge in [0.25, 0.3) is 0 Å². The number of carboxylic acids is 1. The lowest BCUT2D eigenvalue weighted by Crippen LogP contribution is -2.21. The Balaban J connectivity index is 2.69. The predicted octanol–water partition coefficient (Wildman–Crippen LogP) is 0.515. The van der Waals surface area contributed by atoms with Gasteiger partial charge in [0.1, 0.15) is 0 Å². The van der Waals surface area contributed by atoms with Crippen LogP contribution < -0.4 is 16.4 Å². The number of amides is 1. The average molecular weight is 237 g/mol. The van der Waals surface area contributed by atoms with Crippen molar-refractivity contribution in [2.45, 2.75) is 6.42 Å². The molecule has 0 aromatic heterocycles. The fourth-order valence-electron chi connectivity index (χ4n) is 1.34. The molecule has 0 aliphatic heterocycles. The Morgan fingerprint density at radius 1 is 1.41 bits per heavy atom. The summed E-state index contributed by atoms with van der Waals surface area (Å²) in [5, 5.41) is 14.3. The lowest BCUT2D eigenvalue weighted by molar-refractivity contribution is -0.120. The van der Waals surface area contributed by atoms with Crippen LogP contribution in [-0.2, 0) is 4.79 Å². The van der Waals surface area contributed by atoms with Gasteiger partial charge in [-0.3, -0.25) is 4.79 Å². The summed E-state index contributed by atoms with van der Waals surface area (Å²) in [4.78, 5) is 21.8. The molecular weight excluding hydrogens is 222 g/mol. The van der Waals surface area contributed by atoms with Gasteiger partial charge in [0.2, 0.25) is 5.91 Å². The van der Waals surface area contributed by atoms with Gasteiger partial charge in [0, 0.05) is 20.0 Å². The second kappa shape index (κ2) is 5.74. The summed E-state index contributed by atoms with van der Waals surface area (Å²) in [7, 11) is 1.56. The van der Waals surface area contributed by atoms with E-state index in [0.717, 1.165) is 0 Å². The third kappa shape index (κ3) is 3.37. The standard InChI is InChI=1S/C11H15N3O3/c1-13-9(15)5-6-14-8-4-2-3-7(10(8)12)11(16)17/h2-4,14H,5-6,12H2,1H3,(H,13,15)(H,16,17). The molecule has 0 bridgehead atoms. The molecule has 0 aliphatic rings. The molecule has 5 N–H and O–H groups in total. The fraction of sp³-hybridized carbons (Fsp3) is 0.273. The Morgan fingerprint density at radius 3 is 2.71 bits per heavy atom. The number of anilines is 2. The summed E-state index contributed by atoms with van der Waals surface area (Å²) in [5.41, 5.74) is 6.44. The number of nitrogens with one attached hydrogen (secondary N) is 2. The van der Waals surface area contributed by atoms with Crippen LogP contribution in [0.3, 0.4) is 0 Å². The van der Waals surface area contributed by atoms with E-state index in [-0.39, 0.29) is 17.2 Å². The SMILES string of the molecule is CNC(=O)CCNc1cccc(C(=O)O)c1N. The number of nitrogen functional groups attached to an aromatic ring is 1. The Labute approximate surface area is 98.8 Å². The first kappa shape index (κ1) is 12.8. The molecule has 0 radical (unpaired) electrons. The molecule has 1 aromatic rings. The van der Waals surface area contributed by atoms with E-state index in [1.807, 2.05) is 0 Å². The lowest BCUT2D eigenvalue weighted by Gasteiger charge is -2.10. The summed E-state index contributed by atoms with van der Waals surface area (Å²) < 4.78 is 0. The highest BCUT2D eigenvalue weighted by molar-refractivity contribution is 5.97. The van der Waals surface area contributed by atoms with Crippen LogP contribution in [0.2, 0.25) is 0 Å². The van der Waals surface area contributed by atoms with Crippen LogP contribution in [0.15, 0.2) is 18.2 Å². The maximum Gasteiger partial charge on any atom is 0.337 e. The molecule has 1 aromatic carbocycles. The first-order valence-corrected chi connectivity index (χ1v) is 5.12. The number of benzene rings is 1. The molecule has 92 valence electrons. The van der Waals surface area contributed by atoms with E-state index in [4.69, 9.17) is 10.8 Å². The molecule has 6 nitrogen and oxygen atoms in total. The average Bonchev–Trinajstić information content (AvgIpc) is 2.30. The smallest absolute Gasteiger partial charge is 0.337 e. The summed E-state index contributed by atoms with van der Waals surface area (Å²) >= 11 is 0. The van der Waals surface area contributed by atoms with Crippen LogP contribution in [-0.4, -0.2) is 30.6 Å². The molecular formula is C11H15N3O3. The highest BCUT2D eigenvalue weighted by Gasteiger charge is 2.10. The number of para-hydroxylation sites is 1. The van der Waals surface area contributed by atoms with Crippen molar-refractivity contribution in [2.24, 2.45) is 0 Å². The fourth-order valence-corrected chi connectivity index (χ4v) is 1.34. The largest absolute Gasteiger partial charge is 0.478 e. The molecule has 1 amide bonds. The van der Waals surface area contributed by atoms with Crippen molar-refractivity contribution in [3.05, 3.63) is 23.8 Å². The van der Waals surface area contributed by atoms with E-state index in [0.29, 0.717) is 18.7 Å². The van der Waals surface area contributed by atoms with Crippen molar-refractivity contribution in [2.75, 3.05) is 24.6 Å². The van der Waals surface area contributed by atoms with Crippen molar-refractivity contribution >= 4 is 23.3 Å². The Kier molecular flexibility index (Phi) is 4.33. The van der Waals surface area contributed by atoms with Crippen LogP contribution in [0.4, 0.5) is 11.4 Å². The minimum Gasteiger partial charge on any atom is -0.478 e. The van der Waals surface area contributed by atoms with Crippen LogP contribution in [0.5, 0.6) is 0 Å². The number of carbonyl (C=O) groups excluding carboxylic acids is 1. The zero-order chi connectivity index (χ0) is 12.8. The van der Waals surface area contributed by atoms with Crippen molar-refractivity contribution in [3.8, 4) is 0 Å². The molecule has 1 rings (SSSR count). The summed E-state index contributed by atoms with van der Waals surface area (Å²) in [6.45, 7) is 0.396. The van der Waals surface area contributed by atoms with Crippen LogP contribution in [0.1, 0.15) is 16.8 Å². The molecule has 6 heteroatoms. The summed E-state index contributed by atoms with van der Waals surface area (Å²) in [6.07, 6.45) is 0.299. The maximum atomic E-state index is 11.0. The molecule has 0 saturated heterocycles.